The Kier molecular flexibility index (Phi) is 5.46. The van der Waals surface area contributed by atoms with E-state index in [1.54, 1.807) is 0 Å². The van der Waals surface area contributed by atoms with Crippen molar-refractivity contribution < 1.29 is 4.79 Å². The van der Waals surface area contributed by atoms with Gasteiger partial charge in [-0.2, -0.15) is 0 Å². The van der Waals surface area contributed by atoms with Crippen molar-refractivity contribution in [3.8, 4) is 0 Å². The molecule has 0 N–H and O–H groups in total. The first-order chi connectivity index (χ1) is 9.63. The second-order valence-corrected chi connectivity index (χ2v) is 6.37. The lowest BCUT2D eigenvalue weighted by Gasteiger charge is -2.33. The predicted octanol–water partition coefficient (Wildman–Crippen LogP) is 2.26. The zero-order chi connectivity index (χ0) is 14.5. The Morgan fingerprint density at radius 1 is 1.40 bits per heavy atom. The fraction of sp³-hybridized carbons (Fsp3) is 0.786. The molecule has 0 aliphatic carbocycles. The van der Waals surface area contributed by atoms with E-state index in [1.165, 1.54) is 18.2 Å². The summed E-state index contributed by atoms with van der Waals surface area (Å²) in [5.41, 5.74) is 0. The molecule has 1 aromatic heterocycles. The molecule has 20 heavy (non-hydrogen) atoms. The van der Waals surface area contributed by atoms with Gasteiger partial charge in [0.15, 0.2) is 5.16 Å². The van der Waals surface area contributed by atoms with Crippen LogP contribution in [-0.2, 0) is 18.3 Å². The van der Waals surface area contributed by atoms with Gasteiger partial charge in [0.2, 0.25) is 5.91 Å². The number of rotatable bonds is 5. The lowest BCUT2D eigenvalue weighted by atomic mass is 10.0. The first-order valence-corrected chi connectivity index (χ1v) is 8.42. The summed E-state index contributed by atoms with van der Waals surface area (Å²) in [6.45, 7) is 5.17. The van der Waals surface area contributed by atoms with Crippen molar-refractivity contribution in [2.24, 2.45) is 7.05 Å². The van der Waals surface area contributed by atoms with E-state index in [1.807, 2.05) is 16.5 Å². The Morgan fingerprint density at radius 2 is 2.20 bits per heavy atom. The van der Waals surface area contributed by atoms with Crippen molar-refractivity contribution in [2.45, 2.75) is 57.1 Å². The van der Waals surface area contributed by atoms with Crippen molar-refractivity contribution in [3.05, 3.63) is 5.82 Å². The number of likely N-dealkylation sites (tertiary alicyclic amines) is 1. The Morgan fingerprint density at radius 3 is 2.90 bits per heavy atom. The lowest BCUT2D eigenvalue weighted by molar-refractivity contribution is -0.131. The highest BCUT2D eigenvalue weighted by molar-refractivity contribution is 7.99. The highest BCUT2D eigenvalue weighted by Crippen LogP contribution is 2.21. The Balaban J connectivity index is 1.89. The molecular weight excluding hydrogens is 272 g/mol. The highest BCUT2D eigenvalue weighted by atomic mass is 32.2. The van der Waals surface area contributed by atoms with Crippen LogP contribution in [0.15, 0.2) is 5.16 Å². The van der Waals surface area contributed by atoms with E-state index in [0.29, 0.717) is 11.8 Å². The van der Waals surface area contributed by atoms with Gasteiger partial charge in [0.1, 0.15) is 5.82 Å². The summed E-state index contributed by atoms with van der Waals surface area (Å²) in [4.78, 5) is 14.3. The number of carbonyl (C=O) groups is 1. The quantitative estimate of drug-likeness (QED) is 0.782. The van der Waals surface area contributed by atoms with Gasteiger partial charge in [-0.3, -0.25) is 4.79 Å². The van der Waals surface area contributed by atoms with Crippen molar-refractivity contribution in [3.63, 3.8) is 0 Å². The summed E-state index contributed by atoms with van der Waals surface area (Å²) in [6, 6.07) is 0.381. The van der Waals surface area contributed by atoms with Crippen molar-refractivity contribution >= 4 is 17.7 Å². The number of thioether (sulfide) groups is 1. The molecule has 1 aliphatic heterocycles. The van der Waals surface area contributed by atoms with E-state index in [4.69, 9.17) is 0 Å². The van der Waals surface area contributed by atoms with E-state index in [9.17, 15) is 4.79 Å². The molecule has 5 nitrogen and oxygen atoms in total. The molecule has 1 atom stereocenters. The van der Waals surface area contributed by atoms with Gasteiger partial charge >= 0.3 is 0 Å². The van der Waals surface area contributed by atoms with Gasteiger partial charge in [0.25, 0.3) is 0 Å². The summed E-state index contributed by atoms with van der Waals surface area (Å²) in [5, 5.41) is 9.19. The third-order valence-corrected chi connectivity index (χ3v) is 4.85. The van der Waals surface area contributed by atoms with E-state index in [0.717, 1.165) is 43.2 Å². The number of nitrogens with zero attached hydrogens (tertiary/aromatic N) is 4. The average Bonchev–Trinajstić information content (AvgIpc) is 2.78. The van der Waals surface area contributed by atoms with Crippen LogP contribution in [0.4, 0.5) is 0 Å². The maximum absolute atomic E-state index is 12.3. The number of hydrogen-bond donors (Lipinski definition) is 0. The molecule has 0 unspecified atom stereocenters. The molecule has 1 amide bonds. The standard InChI is InChI=1S/C14H24N4OS/c1-4-7-12-15-16-14(17(12)3)20-10-13(19)18-9-6-5-8-11(18)2/h11H,4-10H2,1-3H3/t11-/m1/s1. The maximum Gasteiger partial charge on any atom is 0.233 e. The summed E-state index contributed by atoms with van der Waals surface area (Å²) in [7, 11) is 1.97. The molecular formula is C14H24N4OS. The fourth-order valence-electron chi connectivity index (χ4n) is 2.59. The molecule has 1 aliphatic rings. The van der Waals surface area contributed by atoms with E-state index in [2.05, 4.69) is 24.0 Å². The average molecular weight is 296 g/mol. The van der Waals surface area contributed by atoms with Gasteiger partial charge in [-0.05, 0) is 32.6 Å². The molecule has 6 heteroatoms. The third-order valence-electron chi connectivity index (χ3n) is 3.85. The second-order valence-electron chi connectivity index (χ2n) is 5.43. The Bertz CT molecular complexity index is 460. The molecule has 2 heterocycles. The predicted molar refractivity (Wildman–Crippen MR) is 80.7 cm³/mol. The molecule has 1 saturated heterocycles. The minimum atomic E-state index is 0.224. The van der Waals surface area contributed by atoms with Crippen molar-refractivity contribution in [1.29, 1.82) is 0 Å². The van der Waals surface area contributed by atoms with Crippen LogP contribution in [-0.4, -0.2) is 43.9 Å². The van der Waals surface area contributed by atoms with Crippen LogP contribution in [0.1, 0.15) is 45.4 Å². The minimum absolute atomic E-state index is 0.224. The molecule has 112 valence electrons. The second kappa shape index (κ2) is 7.11. The maximum atomic E-state index is 12.3. The first-order valence-electron chi connectivity index (χ1n) is 7.44. The van der Waals surface area contributed by atoms with Crippen molar-refractivity contribution in [1.82, 2.24) is 19.7 Å². The molecule has 0 aromatic carbocycles. The van der Waals surface area contributed by atoms with Crippen molar-refractivity contribution in [2.75, 3.05) is 12.3 Å². The minimum Gasteiger partial charge on any atom is -0.339 e. The summed E-state index contributed by atoms with van der Waals surface area (Å²) < 4.78 is 2.00. The number of piperidine rings is 1. The van der Waals surface area contributed by atoms with Crippen LogP contribution in [0.5, 0.6) is 0 Å². The molecule has 2 rings (SSSR count). The van der Waals surface area contributed by atoms with E-state index in [-0.39, 0.29) is 5.91 Å². The fourth-order valence-corrected chi connectivity index (χ4v) is 3.41. The van der Waals surface area contributed by atoms with Crippen LogP contribution < -0.4 is 0 Å². The van der Waals surface area contributed by atoms with Crippen LogP contribution in [0.3, 0.4) is 0 Å². The normalized spacial score (nSPS) is 19.4. The summed E-state index contributed by atoms with van der Waals surface area (Å²) in [5.74, 6) is 1.68. The van der Waals surface area contributed by atoms with Crippen LogP contribution in [0.25, 0.3) is 0 Å². The third kappa shape index (κ3) is 3.53. The molecule has 1 fully saturated rings. The van der Waals surface area contributed by atoms with E-state index >= 15 is 0 Å². The van der Waals surface area contributed by atoms with Gasteiger partial charge in [-0.1, -0.05) is 18.7 Å². The number of aromatic nitrogens is 3. The number of aryl methyl sites for hydroxylation is 1. The largest absolute Gasteiger partial charge is 0.339 e. The van der Waals surface area contributed by atoms with Gasteiger partial charge in [0, 0.05) is 26.1 Å². The topological polar surface area (TPSA) is 51.0 Å². The molecule has 1 aromatic rings. The zero-order valence-electron chi connectivity index (χ0n) is 12.6. The summed E-state index contributed by atoms with van der Waals surface area (Å²) >= 11 is 1.50. The Labute approximate surface area is 125 Å². The van der Waals surface area contributed by atoms with Crippen LogP contribution in [0.2, 0.25) is 0 Å². The Hall–Kier alpha value is -1.04. The monoisotopic (exact) mass is 296 g/mol. The SMILES string of the molecule is CCCc1nnc(SCC(=O)N2CCCC[C@H]2C)n1C. The van der Waals surface area contributed by atoms with Gasteiger partial charge in [-0.25, -0.2) is 0 Å². The van der Waals surface area contributed by atoms with Crippen LogP contribution >= 0.6 is 11.8 Å². The van der Waals surface area contributed by atoms with Gasteiger partial charge in [0.05, 0.1) is 5.75 Å². The highest BCUT2D eigenvalue weighted by Gasteiger charge is 2.23. The molecule has 0 saturated carbocycles. The zero-order valence-corrected chi connectivity index (χ0v) is 13.4. The molecule has 0 spiro atoms. The first kappa shape index (κ1) is 15.4. The summed E-state index contributed by atoms with van der Waals surface area (Å²) in [6.07, 6.45) is 5.48. The number of hydrogen-bond acceptors (Lipinski definition) is 4. The molecule has 0 bridgehead atoms. The number of amides is 1. The molecule has 0 radical (unpaired) electrons. The van der Waals surface area contributed by atoms with Gasteiger partial charge < -0.3 is 9.47 Å². The number of carbonyl (C=O) groups excluding carboxylic acids is 1. The van der Waals surface area contributed by atoms with E-state index < -0.39 is 0 Å². The van der Waals surface area contributed by atoms with Crippen LogP contribution in [0, 0.1) is 0 Å². The lowest BCUT2D eigenvalue weighted by Crippen LogP contribution is -2.42. The smallest absolute Gasteiger partial charge is 0.233 e. The van der Waals surface area contributed by atoms with Gasteiger partial charge in [-0.15, -0.1) is 10.2 Å².